The van der Waals surface area contributed by atoms with Crippen LogP contribution < -0.4 is 5.32 Å². The van der Waals surface area contributed by atoms with Crippen molar-refractivity contribution in [3.05, 3.63) is 29.3 Å². The number of carbonyl (C=O) groups excluding carboxylic acids is 2. The monoisotopic (exact) mass is 304 g/mol. The number of nitrogens with zero attached hydrogens (tertiary/aromatic N) is 1. The maximum atomic E-state index is 12.5. The van der Waals surface area contributed by atoms with Crippen molar-refractivity contribution in [3.8, 4) is 0 Å². The van der Waals surface area contributed by atoms with Gasteiger partial charge in [-0.05, 0) is 50.5 Å². The first-order chi connectivity index (χ1) is 9.90. The maximum absolute atomic E-state index is 12.5. The van der Waals surface area contributed by atoms with Crippen LogP contribution in [-0.4, -0.2) is 33.4 Å². The Bertz CT molecular complexity index is 616. The molecule has 0 aromatic heterocycles. The van der Waals surface area contributed by atoms with Gasteiger partial charge in [-0.1, -0.05) is 6.07 Å². The topological polar surface area (TPSA) is 49.4 Å². The average Bonchev–Trinajstić information content (AvgIpc) is 2.91. The van der Waals surface area contributed by atoms with E-state index in [1.54, 1.807) is 16.7 Å². The van der Waals surface area contributed by atoms with Gasteiger partial charge < -0.3 is 10.2 Å². The van der Waals surface area contributed by atoms with E-state index in [9.17, 15) is 9.59 Å². The highest BCUT2D eigenvalue weighted by atomic mass is 32.2. The Balaban J connectivity index is 1.77. The predicted molar refractivity (Wildman–Crippen MR) is 85.3 cm³/mol. The van der Waals surface area contributed by atoms with Crippen molar-refractivity contribution in [2.45, 2.75) is 44.5 Å². The molecule has 1 aromatic rings. The molecular formula is C16H20N2O2S. The summed E-state index contributed by atoms with van der Waals surface area (Å²) in [6, 6.07) is 5.53. The van der Waals surface area contributed by atoms with Gasteiger partial charge in [0.25, 0.3) is 0 Å². The molecule has 1 aromatic carbocycles. The van der Waals surface area contributed by atoms with Crippen LogP contribution in [-0.2, 0) is 9.59 Å². The zero-order chi connectivity index (χ0) is 15.2. The minimum absolute atomic E-state index is 0.0790. The fourth-order valence-corrected chi connectivity index (χ4v) is 4.49. The summed E-state index contributed by atoms with van der Waals surface area (Å²) in [7, 11) is 0. The van der Waals surface area contributed by atoms with Crippen molar-refractivity contribution in [2.75, 3.05) is 11.1 Å². The molecule has 112 valence electrons. The second kappa shape index (κ2) is 5.05. The van der Waals surface area contributed by atoms with Crippen molar-refractivity contribution < 1.29 is 9.59 Å². The summed E-state index contributed by atoms with van der Waals surface area (Å²) in [5, 5.41) is 2.96. The van der Waals surface area contributed by atoms with Gasteiger partial charge in [0.1, 0.15) is 6.04 Å². The first-order valence-corrected chi connectivity index (χ1v) is 8.23. The van der Waals surface area contributed by atoms with Gasteiger partial charge in [0.2, 0.25) is 11.8 Å². The summed E-state index contributed by atoms with van der Waals surface area (Å²) >= 11 is 1.72. The number of hydrogen-bond acceptors (Lipinski definition) is 3. The molecule has 2 atom stereocenters. The molecule has 0 bridgehead atoms. The lowest BCUT2D eigenvalue weighted by molar-refractivity contribution is -0.135. The lowest BCUT2D eigenvalue weighted by Gasteiger charge is -2.29. The third-order valence-electron chi connectivity index (χ3n) is 4.52. The maximum Gasteiger partial charge on any atom is 0.248 e. The van der Waals surface area contributed by atoms with E-state index in [0.29, 0.717) is 12.2 Å². The Hall–Kier alpha value is -1.49. The Labute approximate surface area is 129 Å². The fourth-order valence-electron chi connectivity index (χ4n) is 3.06. The van der Waals surface area contributed by atoms with Crippen LogP contribution >= 0.6 is 11.8 Å². The Morgan fingerprint density at radius 1 is 1.38 bits per heavy atom. The van der Waals surface area contributed by atoms with E-state index >= 15 is 0 Å². The van der Waals surface area contributed by atoms with Gasteiger partial charge in [0.05, 0.1) is 4.87 Å². The van der Waals surface area contributed by atoms with Crippen molar-refractivity contribution in [3.63, 3.8) is 0 Å². The van der Waals surface area contributed by atoms with Gasteiger partial charge in [0.15, 0.2) is 0 Å². The van der Waals surface area contributed by atoms with Crippen LogP contribution in [0.3, 0.4) is 0 Å². The molecule has 2 heterocycles. The molecule has 0 aliphatic carbocycles. The molecule has 0 radical (unpaired) electrons. The highest BCUT2D eigenvalue weighted by Crippen LogP contribution is 2.47. The van der Waals surface area contributed by atoms with E-state index in [1.165, 1.54) is 5.56 Å². The van der Waals surface area contributed by atoms with Gasteiger partial charge in [-0.3, -0.25) is 9.59 Å². The zero-order valence-electron chi connectivity index (χ0n) is 12.6. The number of anilines is 1. The molecule has 0 saturated carbocycles. The fraction of sp³-hybridized carbons (Fsp3) is 0.500. The molecule has 3 rings (SSSR count). The van der Waals surface area contributed by atoms with E-state index in [-0.39, 0.29) is 22.7 Å². The smallest absolute Gasteiger partial charge is 0.248 e. The molecule has 2 fully saturated rings. The molecule has 4 nitrogen and oxygen atoms in total. The van der Waals surface area contributed by atoms with Gasteiger partial charge in [-0.25, -0.2) is 0 Å². The van der Waals surface area contributed by atoms with E-state index in [1.807, 2.05) is 32.0 Å². The first-order valence-electron chi connectivity index (χ1n) is 7.25. The van der Waals surface area contributed by atoms with Crippen molar-refractivity contribution in [2.24, 2.45) is 0 Å². The number of hydrogen-bond donors (Lipinski definition) is 1. The highest BCUT2D eigenvalue weighted by Gasteiger charge is 2.52. The summed E-state index contributed by atoms with van der Waals surface area (Å²) in [6.07, 6.45) is 1.39. The van der Waals surface area contributed by atoms with E-state index < -0.39 is 0 Å². The molecule has 1 N–H and O–H groups in total. The number of rotatable bonds is 2. The van der Waals surface area contributed by atoms with E-state index in [4.69, 9.17) is 0 Å². The third kappa shape index (κ3) is 2.44. The molecule has 2 aliphatic heterocycles. The van der Waals surface area contributed by atoms with Crippen LogP contribution in [0.2, 0.25) is 0 Å². The second-order valence-corrected chi connectivity index (χ2v) is 7.56. The minimum atomic E-state index is -0.350. The molecule has 0 unspecified atom stereocenters. The number of carbonyl (C=O) groups is 2. The summed E-state index contributed by atoms with van der Waals surface area (Å²) in [5.74, 6) is 0.700. The normalized spacial score (nSPS) is 27.9. The standard InChI is InChI=1S/C16H20N2O2S/c1-10-4-5-12(8-11(10)2)17-15(20)13-9-21-16(3)7-6-14(19)18(13)16/h4-5,8,13H,6-7,9H2,1-3H3,(H,17,20)/t13-,16-/m1/s1. The highest BCUT2D eigenvalue weighted by molar-refractivity contribution is 8.01. The van der Waals surface area contributed by atoms with Gasteiger partial charge in [-0.15, -0.1) is 11.8 Å². The largest absolute Gasteiger partial charge is 0.324 e. The van der Waals surface area contributed by atoms with E-state index in [0.717, 1.165) is 17.7 Å². The number of fused-ring (bicyclic) bond motifs is 1. The van der Waals surface area contributed by atoms with Crippen molar-refractivity contribution in [1.29, 1.82) is 0 Å². The van der Waals surface area contributed by atoms with E-state index in [2.05, 4.69) is 12.2 Å². The molecule has 2 amide bonds. The molecule has 21 heavy (non-hydrogen) atoms. The third-order valence-corrected chi connectivity index (χ3v) is 6.03. The predicted octanol–water partition coefficient (Wildman–Crippen LogP) is 2.70. The van der Waals surface area contributed by atoms with Crippen molar-refractivity contribution in [1.82, 2.24) is 4.90 Å². The van der Waals surface area contributed by atoms with Crippen molar-refractivity contribution >= 4 is 29.3 Å². The number of nitrogens with one attached hydrogen (secondary N) is 1. The summed E-state index contributed by atoms with van der Waals surface area (Å²) < 4.78 is 0. The molecule has 0 spiro atoms. The Morgan fingerprint density at radius 2 is 2.14 bits per heavy atom. The van der Waals surface area contributed by atoms with Crippen LogP contribution in [0.5, 0.6) is 0 Å². The molecular weight excluding hydrogens is 284 g/mol. The first kappa shape index (κ1) is 14.4. The van der Waals surface area contributed by atoms with Crippen LogP contribution in [0.4, 0.5) is 5.69 Å². The number of benzene rings is 1. The number of aryl methyl sites for hydroxylation is 2. The van der Waals surface area contributed by atoms with Crippen LogP contribution in [0.1, 0.15) is 30.9 Å². The minimum Gasteiger partial charge on any atom is -0.324 e. The number of amides is 2. The number of thioether (sulfide) groups is 1. The lowest BCUT2D eigenvalue weighted by atomic mass is 10.1. The average molecular weight is 304 g/mol. The Morgan fingerprint density at radius 3 is 2.86 bits per heavy atom. The molecule has 5 heteroatoms. The summed E-state index contributed by atoms with van der Waals surface area (Å²) in [5.41, 5.74) is 3.15. The SMILES string of the molecule is Cc1ccc(NC(=O)[C@H]2CS[C@]3(C)CCC(=O)N23)cc1C. The van der Waals surface area contributed by atoms with Crippen LogP contribution in [0.25, 0.3) is 0 Å². The van der Waals surface area contributed by atoms with Crippen LogP contribution in [0.15, 0.2) is 18.2 Å². The van der Waals surface area contributed by atoms with Crippen LogP contribution in [0, 0.1) is 13.8 Å². The zero-order valence-corrected chi connectivity index (χ0v) is 13.4. The molecule has 2 aliphatic rings. The quantitative estimate of drug-likeness (QED) is 0.914. The van der Waals surface area contributed by atoms with Gasteiger partial charge >= 0.3 is 0 Å². The Kier molecular flexibility index (Phi) is 3.48. The van der Waals surface area contributed by atoms with Gasteiger partial charge in [-0.2, -0.15) is 0 Å². The molecule has 2 saturated heterocycles. The summed E-state index contributed by atoms with van der Waals surface area (Å²) in [6.45, 7) is 6.13. The van der Waals surface area contributed by atoms with Gasteiger partial charge in [0, 0.05) is 17.9 Å². The second-order valence-electron chi connectivity index (χ2n) is 6.05. The lowest BCUT2D eigenvalue weighted by Crippen LogP contribution is -2.48. The summed E-state index contributed by atoms with van der Waals surface area (Å²) in [4.78, 5) is 26.2.